The molecule has 3 atom stereocenters. The molecular formula is C20H28N4O. The van der Waals surface area contributed by atoms with Crippen LogP contribution in [0, 0.1) is 5.92 Å². The number of aromatic nitrogens is 2. The lowest BCUT2D eigenvalue weighted by atomic mass is 9.93. The van der Waals surface area contributed by atoms with Crippen LogP contribution in [0.15, 0.2) is 42.7 Å². The molecule has 2 fully saturated rings. The number of likely N-dealkylation sites (tertiary alicyclic amines) is 1. The van der Waals surface area contributed by atoms with Gasteiger partial charge in [0.15, 0.2) is 0 Å². The molecule has 0 bridgehead atoms. The van der Waals surface area contributed by atoms with Gasteiger partial charge in [-0.05, 0) is 55.5 Å². The van der Waals surface area contributed by atoms with E-state index in [1.165, 1.54) is 24.9 Å². The molecule has 0 amide bonds. The quantitative estimate of drug-likeness (QED) is 0.908. The van der Waals surface area contributed by atoms with Crippen molar-refractivity contribution in [2.24, 2.45) is 5.92 Å². The van der Waals surface area contributed by atoms with Gasteiger partial charge in [-0.25, -0.2) is 4.68 Å². The highest BCUT2D eigenvalue weighted by Gasteiger charge is 2.28. The third-order valence-corrected chi connectivity index (χ3v) is 5.46. The van der Waals surface area contributed by atoms with Crippen molar-refractivity contribution in [1.29, 1.82) is 0 Å². The number of benzene rings is 1. The predicted molar refractivity (Wildman–Crippen MR) is 100 cm³/mol. The van der Waals surface area contributed by atoms with Gasteiger partial charge in [0.25, 0.3) is 0 Å². The summed E-state index contributed by atoms with van der Waals surface area (Å²) >= 11 is 0. The van der Waals surface area contributed by atoms with Gasteiger partial charge in [-0.3, -0.25) is 0 Å². The molecule has 0 unspecified atom stereocenters. The van der Waals surface area contributed by atoms with E-state index < -0.39 is 0 Å². The van der Waals surface area contributed by atoms with Crippen molar-refractivity contribution in [3.05, 3.63) is 42.7 Å². The molecule has 4 rings (SSSR count). The second kappa shape index (κ2) is 7.58. The van der Waals surface area contributed by atoms with E-state index in [-0.39, 0.29) is 0 Å². The van der Waals surface area contributed by atoms with E-state index >= 15 is 0 Å². The Balaban J connectivity index is 1.31. The van der Waals surface area contributed by atoms with E-state index in [0.29, 0.717) is 18.1 Å². The fourth-order valence-electron chi connectivity index (χ4n) is 4.03. The minimum absolute atomic E-state index is 0.464. The Labute approximate surface area is 150 Å². The van der Waals surface area contributed by atoms with Gasteiger partial charge in [-0.15, -0.1) is 0 Å². The fourth-order valence-corrected chi connectivity index (χ4v) is 4.03. The highest BCUT2D eigenvalue weighted by Crippen LogP contribution is 2.23. The van der Waals surface area contributed by atoms with Gasteiger partial charge in [-0.1, -0.05) is 6.92 Å². The number of rotatable bonds is 5. The van der Waals surface area contributed by atoms with E-state index in [0.717, 1.165) is 31.9 Å². The van der Waals surface area contributed by atoms with Crippen LogP contribution in [-0.2, 0) is 4.74 Å². The molecular weight excluding hydrogens is 312 g/mol. The van der Waals surface area contributed by atoms with Gasteiger partial charge in [0.2, 0.25) is 0 Å². The lowest BCUT2D eigenvalue weighted by Gasteiger charge is -2.38. The third kappa shape index (κ3) is 4.05. The molecule has 25 heavy (non-hydrogen) atoms. The number of nitrogens with one attached hydrogen (secondary N) is 1. The molecule has 2 aromatic rings. The Morgan fingerprint density at radius 1 is 1.24 bits per heavy atom. The summed E-state index contributed by atoms with van der Waals surface area (Å²) < 4.78 is 7.68. The molecule has 5 heteroatoms. The van der Waals surface area contributed by atoms with Gasteiger partial charge < -0.3 is 15.0 Å². The Morgan fingerprint density at radius 3 is 2.80 bits per heavy atom. The van der Waals surface area contributed by atoms with Gasteiger partial charge in [0.1, 0.15) is 0 Å². The first-order chi connectivity index (χ1) is 12.3. The average Bonchev–Trinajstić information content (AvgIpc) is 3.32. The second-order valence-electron chi connectivity index (χ2n) is 7.41. The smallest absolute Gasteiger partial charge is 0.0702 e. The summed E-state index contributed by atoms with van der Waals surface area (Å²) in [5.74, 6) is 0.640. The lowest BCUT2D eigenvalue weighted by Crippen LogP contribution is -2.47. The highest BCUT2D eigenvalue weighted by atomic mass is 16.5. The van der Waals surface area contributed by atoms with E-state index in [9.17, 15) is 0 Å². The van der Waals surface area contributed by atoms with Crippen molar-refractivity contribution in [2.75, 3.05) is 31.6 Å². The molecule has 1 aromatic carbocycles. The normalized spacial score (nSPS) is 27.5. The zero-order valence-corrected chi connectivity index (χ0v) is 15.0. The Kier molecular flexibility index (Phi) is 5.04. The second-order valence-corrected chi connectivity index (χ2v) is 7.41. The van der Waals surface area contributed by atoms with Gasteiger partial charge in [0.05, 0.1) is 11.8 Å². The first kappa shape index (κ1) is 16.6. The minimum atomic E-state index is 0.464. The fraction of sp³-hybridized carbons (Fsp3) is 0.550. The summed E-state index contributed by atoms with van der Waals surface area (Å²) in [6.45, 7) is 6.73. The predicted octanol–water partition coefficient (Wildman–Crippen LogP) is 3.17. The summed E-state index contributed by atoms with van der Waals surface area (Å²) in [4.78, 5) is 2.58. The number of hydrogen-bond acceptors (Lipinski definition) is 4. The average molecular weight is 340 g/mol. The maximum absolute atomic E-state index is 5.79. The zero-order valence-electron chi connectivity index (χ0n) is 15.0. The molecule has 134 valence electrons. The molecule has 2 saturated heterocycles. The molecule has 0 spiro atoms. The van der Waals surface area contributed by atoms with Crippen LogP contribution in [0.5, 0.6) is 0 Å². The molecule has 5 nitrogen and oxygen atoms in total. The summed E-state index contributed by atoms with van der Waals surface area (Å²) in [5.41, 5.74) is 2.29. The number of nitrogens with zero attached hydrogens (tertiary/aromatic N) is 3. The Morgan fingerprint density at radius 2 is 2.12 bits per heavy atom. The molecule has 2 aliphatic heterocycles. The van der Waals surface area contributed by atoms with Crippen LogP contribution in [0.25, 0.3) is 5.69 Å². The Hall–Kier alpha value is -1.85. The minimum Gasteiger partial charge on any atom is -0.382 e. The number of piperidine rings is 1. The van der Waals surface area contributed by atoms with Gasteiger partial charge >= 0.3 is 0 Å². The van der Waals surface area contributed by atoms with Crippen molar-refractivity contribution < 1.29 is 4.74 Å². The van der Waals surface area contributed by atoms with Crippen molar-refractivity contribution in [3.8, 4) is 5.69 Å². The molecule has 3 heterocycles. The van der Waals surface area contributed by atoms with Crippen molar-refractivity contribution in [2.45, 2.75) is 38.3 Å². The van der Waals surface area contributed by atoms with E-state index in [1.807, 2.05) is 16.9 Å². The first-order valence-electron chi connectivity index (χ1n) is 9.48. The van der Waals surface area contributed by atoms with Crippen LogP contribution in [0.3, 0.4) is 0 Å². The van der Waals surface area contributed by atoms with Crippen LogP contribution >= 0.6 is 0 Å². The van der Waals surface area contributed by atoms with Crippen LogP contribution in [0.2, 0.25) is 0 Å². The summed E-state index contributed by atoms with van der Waals surface area (Å²) in [5, 5.41) is 8.00. The lowest BCUT2D eigenvalue weighted by molar-refractivity contribution is 0.0563. The molecule has 0 aliphatic carbocycles. The van der Waals surface area contributed by atoms with Crippen molar-refractivity contribution >= 4 is 5.69 Å². The topological polar surface area (TPSA) is 42.3 Å². The van der Waals surface area contributed by atoms with Gasteiger partial charge in [0, 0.05) is 50.4 Å². The van der Waals surface area contributed by atoms with Crippen molar-refractivity contribution in [1.82, 2.24) is 14.7 Å². The standard InChI is InChI=1S/C20H28N4O/c1-16-14-23(15-19-4-2-13-25-19)12-9-20(16)22-17-5-7-18(8-6-17)24-11-3-10-21-24/h3,5-8,10-11,16,19-20,22H,2,4,9,12-15H2,1H3/t16-,19-,20+/m1/s1. The molecule has 1 N–H and O–H groups in total. The molecule has 2 aliphatic rings. The Bertz CT molecular complexity index is 649. The summed E-state index contributed by atoms with van der Waals surface area (Å²) in [6, 6.07) is 11.0. The molecule has 1 aromatic heterocycles. The number of anilines is 1. The van der Waals surface area contributed by atoms with Crippen LogP contribution in [0.4, 0.5) is 5.69 Å². The highest BCUT2D eigenvalue weighted by molar-refractivity contribution is 5.49. The molecule has 0 radical (unpaired) electrons. The van der Waals surface area contributed by atoms with Gasteiger partial charge in [-0.2, -0.15) is 5.10 Å². The summed E-state index contributed by atoms with van der Waals surface area (Å²) in [7, 11) is 0. The third-order valence-electron chi connectivity index (χ3n) is 5.46. The van der Waals surface area contributed by atoms with E-state index in [4.69, 9.17) is 4.74 Å². The maximum atomic E-state index is 5.79. The van der Waals surface area contributed by atoms with Crippen LogP contribution < -0.4 is 5.32 Å². The zero-order chi connectivity index (χ0) is 17.1. The van der Waals surface area contributed by atoms with Crippen LogP contribution in [0.1, 0.15) is 26.2 Å². The number of ether oxygens (including phenoxy) is 1. The first-order valence-corrected chi connectivity index (χ1v) is 9.48. The van der Waals surface area contributed by atoms with Crippen molar-refractivity contribution in [3.63, 3.8) is 0 Å². The molecule has 0 saturated carbocycles. The van der Waals surface area contributed by atoms with E-state index in [2.05, 4.69) is 46.5 Å². The summed E-state index contributed by atoms with van der Waals surface area (Å²) in [6.07, 6.45) is 7.88. The van der Waals surface area contributed by atoms with E-state index in [1.54, 1.807) is 6.20 Å². The SMILES string of the molecule is C[C@@H]1CN(C[C@H]2CCCO2)CC[C@@H]1Nc1ccc(-n2cccn2)cc1. The van der Waals surface area contributed by atoms with Crippen LogP contribution in [-0.4, -0.2) is 53.1 Å². The maximum Gasteiger partial charge on any atom is 0.0702 e. The monoisotopic (exact) mass is 340 g/mol. The largest absolute Gasteiger partial charge is 0.382 e. The number of hydrogen-bond donors (Lipinski definition) is 1.